The van der Waals surface area contributed by atoms with Crippen LogP contribution in [0.25, 0.3) is 0 Å². The maximum absolute atomic E-state index is 12.7. The Balaban J connectivity index is 1.49. The van der Waals surface area contributed by atoms with Gasteiger partial charge in [0.15, 0.2) is 0 Å². The van der Waals surface area contributed by atoms with E-state index in [1.807, 2.05) is 18.2 Å². The maximum atomic E-state index is 12.7. The van der Waals surface area contributed by atoms with E-state index < -0.39 is 36.5 Å². The second-order valence-electron chi connectivity index (χ2n) is 11.0. The molecule has 4 aliphatic rings. The molecule has 0 aromatic rings. The SMILES string of the molecule is C=C1CC(C)C[C@@H]2CC=C[C@@H](C/C=C\C(=O)O[C@H]3C[C@@H](O[C@H]3/C=C/[C@@H]3CC(C)=CCO3)[C@@H](O)[C@@H](O)C1)O2. The molecule has 0 amide bonds. The maximum Gasteiger partial charge on any atom is 0.330 e. The fraction of sp³-hybridized carbons (Fsp3) is 0.633. The molecule has 37 heavy (non-hydrogen) atoms. The highest BCUT2D eigenvalue weighted by Crippen LogP contribution is 2.31. The van der Waals surface area contributed by atoms with Crippen molar-refractivity contribution < 1.29 is 34.0 Å². The van der Waals surface area contributed by atoms with Crippen molar-refractivity contribution in [2.45, 2.75) is 108 Å². The van der Waals surface area contributed by atoms with Crippen LogP contribution in [0.1, 0.15) is 58.8 Å². The number of fused-ring (bicyclic) bond motifs is 4. The van der Waals surface area contributed by atoms with Crippen LogP contribution in [0.4, 0.5) is 0 Å². The standard InChI is InChI=1S/C30H42O7/c1-19-12-13-34-23(15-19)10-11-26-27-18-28(36-26)30(33)25(31)17-21(3)14-20(2)16-24-8-4-6-22(35-24)7-5-9-29(32)37-27/h4-6,9-12,20,22-28,30-31,33H,3,7-8,13-18H2,1-2H3/b9-5-,11-10+/t20?,22-,23+,24-,25-,26-,27-,28+,30-/m0/s1. The van der Waals surface area contributed by atoms with Gasteiger partial charge >= 0.3 is 5.97 Å². The van der Waals surface area contributed by atoms with Gasteiger partial charge in [-0.15, -0.1) is 0 Å². The summed E-state index contributed by atoms with van der Waals surface area (Å²) >= 11 is 0. The molecule has 4 bridgehead atoms. The van der Waals surface area contributed by atoms with Crippen molar-refractivity contribution in [3.8, 4) is 0 Å². The van der Waals surface area contributed by atoms with Crippen LogP contribution < -0.4 is 0 Å². The number of hydrogen-bond acceptors (Lipinski definition) is 7. The fourth-order valence-corrected chi connectivity index (χ4v) is 5.62. The van der Waals surface area contributed by atoms with Crippen molar-refractivity contribution in [1.82, 2.24) is 0 Å². The van der Waals surface area contributed by atoms with E-state index in [0.29, 0.717) is 18.9 Å². The third-order valence-corrected chi connectivity index (χ3v) is 7.53. The zero-order chi connectivity index (χ0) is 26.4. The highest BCUT2D eigenvalue weighted by Gasteiger charge is 2.42. The summed E-state index contributed by atoms with van der Waals surface area (Å²) < 4.78 is 23.9. The Labute approximate surface area is 220 Å². The van der Waals surface area contributed by atoms with E-state index in [2.05, 4.69) is 32.6 Å². The summed E-state index contributed by atoms with van der Waals surface area (Å²) in [5, 5.41) is 21.7. The summed E-state index contributed by atoms with van der Waals surface area (Å²) in [7, 11) is 0. The first-order valence-corrected chi connectivity index (χ1v) is 13.6. The fourth-order valence-electron chi connectivity index (χ4n) is 5.62. The van der Waals surface area contributed by atoms with Crippen molar-refractivity contribution in [2.24, 2.45) is 5.92 Å². The van der Waals surface area contributed by atoms with Gasteiger partial charge < -0.3 is 29.2 Å². The number of rotatable bonds is 2. The minimum atomic E-state index is -1.12. The Morgan fingerprint density at radius 2 is 1.86 bits per heavy atom. The molecule has 2 N–H and O–H groups in total. The number of aliphatic hydroxyl groups excluding tert-OH is 2. The number of ether oxygens (including phenoxy) is 4. The summed E-state index contributed by atoms with van der Waals surface area (Å²) in [6.07, 6.45) is 13.7. The molecule has 0 saturated carbocycles. The van der Waals surface area contributed by atoms with E-state index >= 15 is 0 Å². The van der Waals surface area contributed by atoms with Crippen molar-refractivity contribution in [1.29, 1.82) is 0 Å². The molecule has 1 saturated heterocycles. The molecule has 7 nitrogen and oxygen atoms in total. The molecule has 9 atom stereocenters. The lowest BCUT2D eigenvalue weighted by Gasteiger charge is -2.28. The lowest BCUT2D eigenvalue weighted by Crippen LogP contribution is -2.37. The minimum absolute atomic E-state index is 0.0723. The number of esters is 1. The molecule has 204 valence electrons. The predicted molar refractivity (Wildman–Crippen MR) is 141 cm³/mol. The molecule has 4 aliphatic heterocycles. The third-order valence-electron chi connectivity index (χ3n) is 7.53. The van der Waals surface area contributed by atoms with Crippen LogP contribution in [0, 0.1) is 5.92 Å². The molecule has 0 aromatic carbocycles. The average Bonchev–Trinajstić information content (AvgIpc) is 3.24. The lowest BCUT2D eigenvalue weighted by atomic mass is 9.90. The topological polar surface area (TPSA) is 94.5 Å². The zero-order valence-corrected chi connectivity index (χ0v) is 22.0. The van der Waals surface area contributed by atoms with Crippen LogP contribution in [0.5, 0.6) is 0 Å². The van der Waals surface area contributed by atoms with Crippen molar-refractivity contribution >= 4 is 5.97 Å². The van der Waals surface area contributed by atoms with Gasteiger partial charge in [-0.05, 0) is 51.4 Å². The number of hydrogen-bond donors (Lipinski definition) is 2. The van der Waals surface area contributed by atoms with E-state index in [0.717, 1.165) is 31.3 Å². The third kappa shape index (κ3) is 8.23. The van der Waals surface area contributed by atoms with E-state index in [1.165, 1.54) is 11.6 Å². The van der Waals surface area contributed by atoms with Crippen molar-refractivity contribution in [2.75, 3.05) is 6.61 Å². The first kappa shape index (κ1) is 28.0. The molecular weight excluding hydrogens is 472 g/mol. The quantitative estimate of drug-likeness (QED) is 0.423. The van der Waals surface area contributed by atoms with Gasteiger partial charge in [0.25, 0.3) is 0 Å². The molecule has 1 fully saturated rings. The summed E-state index contributed by atoms with van der Waals surface area (Å²) in [6, 6.07) is 0. The van der Waals surface area contributed by atoms with E-state index in [1.54, 1.807) is 6.08 Å². The van der Waals surface area contributed by atoms with Crippen LogP contribution in [-0.4, -0.2) is 71.6 Å². The minimum Gasteiger partial charge on any atom is -0.456 e. The normalized spacial score (nSPS) is 41.1. The first-order chi connectivity index (χ1) is 17.8. The van der Waals surface area contributed by atoms with E-state index in [9.17, 15) is 15.0 Å². The van der Waals surface area contributed by atoms with Gasteiger partial charge in [-0.25, -0.2) is 4.79 Å². The monoisotopic (exact) mass is 514 g/mol. The molecule has 4 heterocycles. The van der Waals surface area contributed by atoms with Crippen molar-refractivity contribution in [3.05, 3.63) is 60.3 Å². The molecule has 0 aromatic heterocycles. The zero-order valence-electron chi connectivity index (χ0n) is 22.0. The Morgan fingerprint density at radius 3 is 2.68 bits per heavy atom. The Kier molecular flexibility index (Phi) is 9.96. The molecule has 0 radical (unpaired) electrons. The van der Waals surface area contributed by atoms with Crippen molar-refractivity contribution in [3.63, 3.8) is 0 Å². The molecular formula is C30H42O7. The lowest BCUT2D eigenvalue weighted by molar-refractivity contribution is -0.144. The van der Waals surface area contributed by atoms with Crippen LogP contribution in [0.2, 0.25) is 0 Å². The van der Waals surface area contributed by atoms with Gasteiger partial charge in [0.2, 0.25) is 0 Å². The summed E-state index contributed by atoms with van der Waals surface area (Å²) in [5.74, 6) is -0.129. The second kappa shape index (κ2) is 13.2. The van der Waals surface area contributed by atoms with E-state index in [-0.39, 0.29) is 31.2 Å². The summed E-state index contributed by atoms with van der Waals surface area (Å²) in [5.41, 5.74) is 2.15. The average molecular weight is 515 g/mol. The molecule has 1 unspecified atom stereocenters. The Hall–Kier alpha value is -2.03. The molecule has 0 spiro atoms. The van der Waals surface area contributed by atoms with Crippen LogP contribution in [-0.2, 0) is 23.7 Å². The number of aliphatic hydroxyl groups is 2. The molecule has 7 heteroatoms. The van der Waals surface area contributed by atoms with Crippen LogP contribution >= 0.6 is 0 Å². The van der Waals surface area contributed by atoms with Gasteiger partial charge in [-0.3, -0.25) is 0 Å². The first-order valence-electron chi connectivity index (χ1n) is 13.6. The van der Waals surface area contributed by atoms with Gasteiger partial charge in [-0.1, -0.05) is 61.1 Å². The number of carbonyl (C=O) groups is 1. The number of carbonyl (C=O) groups excluding carboxylic acids is 1. The van der Waals surface area contributed by atoms with E-state index in [4.69, 9.17) is 18.9 Å². The largest absolute Gasteiger partial charge is 0.456 e. The highest BCUT2D eigenvalue weighted by molar-refractivity contribution is 5.82. The Bertz CT molecular complexity index is 919. The van der Waals surface area contributed by atoms with Crippen LogP contribution in [0.15, 0.2) is 60.3 Å². The van der Waals surface area contributed by atoms with Crippen LogP contribution in [0.3, 0.4) is 0 Å². The van der Waals surface area contributed by atoms with Gasteiger partial charge in [-0.2, -0.15) is 0 Å². The van der Waals surface area contributed by atoms with Gasteiger partial charge in [0, 0.05) is 12.5 Å². The Morgan fingerprint density at radius 1 is 1.03 bits per heavy atom. The van der Waals surface area contributed by atoms with Gasteiger partial charge in [0.05, 0.1) is 37.1 Å². The summed E-state index contributed by atoms with van der Waals surface area (Å²) in [4.78, 5) is 12.7. The summed E-state index contributed by atoms with van der Waals surface area (Å²) in [6.45, 7) is 8.95. The van der Waals surface area contributed by atoms with Gasteiger partial charge in [0.1, 0.15) is 18.3 Å². The predicted octanol–water partition coefficient (Wildman–Crippen LogP) is 4.11. The smallest absolute Gasteiger partial charge is 0.330 e. The molecule has 4 rings (SSSR count). The second-order valence-corrected chi connectivity index (χ2v) is 11.0. The highest BCUT2D eigenvalue weighted by atomic mass is 16.6. The molecule has 0 aliphatic carbocycles.